The molecule has 1 aromatic heterocycles. The molecule has 4 aliphatic carbocycles. The molecule has 262 valence electrons. The second kappa shape index (κ2) is 11.3. The number of fused-ring (bicyclic) bond motifs is 4. The van der Waals surface area contributed by atoms with Crippen molar-refractivity contribution in [1.82, 2.24) is 4.98 Å². The van der Waals surface area contributed by atoms with Crippen LogP contribution in [0.15, 0.2) is 59.9 Å². The summed E-state index contributed by atoms with van der Waals surface area (Å²) in [5.41, 5.74) is -1.58. The molecule has 1 spiro atoms. The Morgan fingerprint density at radius 1 is 0.875 bits per heavy atom. The minimum atomic E-state index is -5.89. The highest BCUT2D eigenvalue weighted by Crippen LogP contribution is 2.71. The summed E-state index contributed by atoms with van der Waals surface area (Å²) in [7, 11) is 0. The number of alkyl halides is 5. The second-order valence-corrected chi connectivity index (χ2v) is 16.3. The molecule has 7 rings (SSSR count). The van der Waals surface area contributed by atoms with E-state index in [1.807, 2.05) is 42.6 Å². The van der Waals surface area contributed by atoms with E-state index in [0.717, 1.165) is 40.7 Å². The van der Waals surface area contributed by atoms with Crippen molar-refractivity contribution in [2.45, 2.75) is 120 Å². The summed E-state index contributed by atoms with van der Waals surface area (Å²) in [6, 6.07) is 11.8. The quantitative estimate of drug-likeness (QED) is 0.248. The largest absolute Gasteiger partial charge is 0.456 e. The molecule has 3 saturated carbocycles. The predicted octanol–water partition coefficient (Wildman–Crippen LogP) is 8.09. The summed E-state index contributed by atoms with van der Waals surface area (Å²) < 4.78 is 85.3. The highest BCUT2D eigenvalue weighted by atomic mass is 19.4. The zero-order valence-corrected chi connectivity index (χ0v) is 27.9. The molecule has 2 N–H and O–H groups in total. The van der Waals surface area contributed by atoms with Gasteiger partial charge in [-0.1, -0.05) is 56.7 Å². The third kappa shape index (κ3) is 5.26. The number of aliphatic hydroxyl groups is 2. The van der Waals surface area contributed by atoms with Gasteiger partial charge in [0.05, 0.1) is 18.8 Å². The van der Waals surface area contributed by atoms with Gasteiger partial charge in [-0.2, -0.15) is 22.0 Å². The molecule has 0 amide bonds. The molecule has 10 heteroatoms. The molecule has 1 saturated heterocycles. The van der Waals surface area contributed by atoms with Crippen molar-refractivity contribution in [1.29, 1.82) is 0 Å². The normalized spacial score (nSPS) is 36.0. The molecule has 1 aliphatic heterocycles. The van der Waals surface area contributed by atoms with Crippen molar-refractivity contribution in [3.8, 4) is 0 Å². The van der Waals surface area contributed by atoms with E-state index in [1.165, 1.54) is 6.92 Å². The first kappa shape index (κ1) is 34.1. The molecule has 0 radical (unpaired) electrons. The van der Waals surface area contributed by atoms with Crippen molar-refractivity contribution >= 4 is 0 Å². The second-order valence-electron chi connectivity index (χ2n) is 16.3. The van der Waals surface area contributed by atoms with Crippen molar-refractivity contribution < 1.29 is 41.6 Å². The van der Waals surface area contributed by atoms with E-state index in [-0.39, 0.29) is 30.6 Å². The molecule has 6 atom stereocenters. The van der Waals surface area contributed by atoms with Crippen LogP contribution in [0.2, 0.25) is 0 Å². The fourth-order valence-corrected chi connectivity index (χ4v) is 10.1. The van der Waals surface area contributed by atoms with Crippen LogP contribution in [0.3, 0.4) is 0 Å². The maximum atomic E-state index is 15.4. The third-order valence-corrected chi connectivity index (χ3v) is 12.7. The monoisotopic (exact) mass is 675 g/mol. The summed E-state index contributed by atoms with van der Waals surface area (Å²) >= 11 is 0. The Kier molecular flexibility index (Phi) is 8.02. The minimum absolute atomic E-state index is 0.0593. The van der Waals surface area contributed by atoms with Gasteiger partial charge in [0.2, 0.25) is 0 Å². The number of ether oxygens (including phenoxy) is 2. The van der Waals surface area contributed by atoms with Gasteiger partial charge in [-0.15, -0.1) is 0 Å². The lowest BCUT2D eigenvalue weighted by Gasteiger charge is -2.59. The van der Waals surface area contributed by atoms with Gasteiger partial charge in [0.25, 0.3) is 0 Å². The lowest BCUT2D eigenvalue weighted by molar-refractivity contribution is -0.362. The molecule has 4 fully saturated rings. The number of benzene rings is 1. The summed E-state index contributed by atoms with van der Waals surface area (Å²) in [6.07, 6.45) is 0.546. The lowest BCUT2D eigenvalue weighted by Crippen LogP contribution is -2.65. The van der Waals surface area contributed by atoms with Crippen LogP contribution < -0.4 is 0 Å². The van der Waals surface area contributed by atoms with Crippen LogP contribution in [0.4, 0.5) is 22.0 Å². The fourth-order valence-electron chi connectivity index (χ4n) is 10.1. The number of hydrogen-bond acceptors (Lipinski definition) is 5. The molecule has 5 nitrogen and oxygen atoms in total. The number of pyridine rings is 1. The topological polar surface area (TPSA) is 71.8 Å². The number of hydrogen-bond donors (Lipinski definition) is 2. The van der Waals surface area contributed by atoms with Crippen LogP contribution in [0.1, 0.15) is 94.7 Å². The number of aryl methyl sites for hydroxylation is 2. The van der Waals surface area contributed by atoms with Crippen molar-refractivity contribution in [2.75, 3.05) is 13.2 Å². The predicted molar refractivity (Wildman–Crippen MR) is 169 cm³/mol. The molecule has 2 heterocycles. The molecule has 48 heavy (non-hydrogen) atoms. The first-order chi connectivity index (χ1) is 22.4. The maximum absolute atomic E-state index is 15.4. The van der Waals surface area contributed by atoms with Crippen LogP contribution in [0.5, 0.6) is 0 Å². The van der Waals surface area contributed by atoms with Crippen LogP contribution in [-0.4, -0.2) is 57.5 Å². The number of allylic oxidation sites excluding steroid dienone is 1. The number of aromatic nitrogens is 1. The molecule has 5 aliphatic rings. The van der Waals surface area contributed by atoms with E-state index < -0.39 is 52.8 Å². The smallest absolute Gasteiger partial charge is 0.385 e. The Labute approximate surface area is 278 Å². The van der Waals surface area contributed by atoms with Gasteiger partial charge in [-0.3, -0.25) is 4.98 Å². The van der Waals surface area contributed by atoms with Gasteiger partial charge in [0, 0.05) is 42.0 Å². The highest BCUT2D eigenvalue weighted by Gasteiger charge is 2.79. The first-order valence-electron chi connectivity index (χ1n) is 17.3. The number of halogens is 5. The standard InChI is InChI=1S/C38H46F5NO4/c1-32(2)22-47-35(48-23-32)16-13-30-31-27(12-15-34(30,45)21-35)29-14-17-36(46,37(39,40)38(41,42)43)33(29,3)19-28(31)26-10-8-24(9-11-26)6-7-25-5-4-18-44-20-25/h4-5,8-11,18,20,27-29,45-46H,6-7,12-17,19,21-23H2,1-3H3/t27-,28+,29-,33-,34+,36-/m0/s1. The fraction of sp³-hybridized carbons (Fsp3) is 0.658. The van der Waals surface area contributed by atoms with E-state index in [2.05, 4.69) is 18.8 Å². The maximum Gasteiger partial charge on any atom is 0.456 e. The molecule has 1 aromatic carbocycles. The summed E-state index contributed by atoms with van der Waals surface area (Å²) in [6.45, 7) is 6.58. The van der Waals surface area contributed by atoms with Gasteiger partial charge in [0.1, 0.15) is 5.60 Å². The summed E-state index contributed by atoms with van der Waals surface area (Å²) in [5.74, 6) is -7.66. The molecule has 0 bridgehead atoms. The molecular weight excluding hydrogens is 629 g/mol. The van der Waals surface area contributed by atoms with Gasteiger partial charge in [-0.25, -0.2) is 0 Å². The SMILES string of the molecule is CC1(C)COC2(CCC3=C4[C@@H](CC[C@@]3(O)C2)[C@@H]2CC[C@@](O)(C(F)(F)C(F)(F)F)[C@@]2(C)C[C@@H]4c2ccc(CCc3cccnc3)cc2)OC1. The zero-order valence-electron chi connectivity index (χ0n) is 27.9. The third-order valence-electron chi connectivity index (χ3n) is 12.7. The average Bonchev–Trinajstić information content (AvgIpc) is 3.32. The van der Waals surface area contributed by atoms with Crippen LogP contribution >= 0.6 is 0 Å². The van der Waals surface area contributed by atoms with Crippen LogP contribution in [-0.2, 0) is 22.3 Å². The lowest BCUT2D eigenvalue weighted by atomic mass is 9.49. The van der Waals surface area contributed by atoms with Gasteiger partial charge >= 0.3 is 12.1 Å². The number of nitrogens with zero attached hydrogens (tertiary/aromatic N) is 1. The van der Waals surface area contributed by atoms with Gasteiger partial charge < -0.3 is 19.7 Å². The zero-order chi connectivity index (χ0) is 34.4. The van der Waals surface area contributed by atoms with Crippen LogP contribution in [0, 0.1) is 22.7 Å². The van der Waals surface area contributed by atoms with Crippen molar-refractivity contribution in [3.63, 3.8) is 0 Å². The van der Waals surface area contributed by atoms with Crippen molar-refractivity contribution in [3.05, 3.63) is 76.6 Å². The van der Waals surface area contributed by atoms with E-state index in [0.29, 0.717) is 38.9 Å². The molecular formula is C38H46F5NO4. The highest BCUT2D eigenvalue weighted by molar-refractivity contribution is 5.45. The Hall–Kier alpha value is -2.40. The summed E-state index contributed by atoms with van der Waals surface area (Å²) in [5, 5.41) is 24.0. The number of rotatable bonds is 5. The van der Waals surface area contributed by atoms with E-state index >= 15 is 8.78 Å². The Balaban J connectivity index is 1.27. The van der Waals surface area contributed by atoms with E-state index in [1.54, 1.807) is 6.20 Å². The first-order valence-corrected chi connectivity index (χ1v) is 17.3. The van der Waals surface area contributed by atoms with Crippen LogP contribution in [0.25, 0.3) is 0 Å². The van der Waals surface area contributed by atoms with Gasteiger partial charge in [-0.05, 0) is 91.5 Å². The Morgan fingerprint density at radius 2 is 1.56 bits per heavy atom. The Morgan fingerprint density at radius 3 is 2.21 bits per heavy atom. The molecule has 0 unspecified atom stereocenters. The summed E-state index contributed by atoms with van der Waals surface area (Å²) in [4.78, 5) is 4.17. The molecule has 2 aromatic rings. The van der Waals surface area contributed by atoms with Gasteiger partial charge in [0.15, 0.2) is 5.79 Å². The van der Waals surface area contributed by atoms with Crippen molar-refractivity contribution in [2.24, 2.45) is 22.7 Å². The van der Waals surface area contributed by atoms with E-state index in [4.69, 9.17) is 9.47 Å². The minimum Gasteiger partial charge on any atom is -0.385 e. The average molecular weight is 676 g/mol. The van der Waals surface area contributed by atoms with E-state index in [9.17, 15) is 23.4 Å². The Bertz CT molecular complexity index is 1550.